The van der Waals surface area contributed by atoms with Crippen molar-refractivity contribution in [3.8, 4) is 5.75 Å². The van der Waals surface area contributed by atoms with Crippen LogP contribution in [0.15, 0.2) is 33.5 Å². The molecule has 8 nitrogen and oxygen atoms in total. The average Bonchev–Trinajstić information content (AvgIpc) is 3.17. The molecule has 1 aliphatic rings. The lowest BCUT2D eigenvalue weighted by Crippen LogP contribution is -2.35. The summed E-state index contributed by atoms with van der Waals surface area (Å²) in [4.78, 5) is 35.9. The molecule has 0 aliphatic carbocycles. The quantitative estimate of drug-likeness (QED) is 0.610. The Hall–Kier alpha value is -2.87. The molecule has 1 amide bonds. The number of hydrogen-bond acceptors (Lipinski definition) is 7. The fourth-order valence-corrected chi connectivity index (χ4v) is 2.71. The van der Waals surface area contributed by atoms with Gasteiger partial charge in [-0.3, -0.25) is 4.79 Å². The molecular formula is C18H19NO7. The highest BCUT2D eigenvalue weighted by atomic mass is 16.5. The zero-order valence-corrected chi connectivity index (χ0v) is 14.3. The normalized spacial score (nSPS) is 16.4. The minimum Gasteiger partial charge on any atom is -0.493 e. The molecule has 8 heteroatoms. The van der Waals surface area contributed by atoms with E-state index in [0.29, 0.717) is 24.3 Å². The first-order chi connectivity index (χ1) is 12.6. The molecule has 138 valence electrons. The summed E-state index contributed by atoms with van der Waals surface area (Å²) in [5, 5.41) is 3.14. The van der Waals surface area contributed by atoms with Gasteiger partial charge in [0, 0.05) is 18.5 Å². The molecule has 0 saturated carbocycles. The van der Waals surface area contributed by atoms with E-state index in [4.69, 9.17) is 18.6 Å². The second-order valence-corrected chi connectivity index (χ2v) is 5.84. The van der Waals surface area contributed by atoms with Crippen molar-refractivity contribution < 1.29 is 28.2 Å². The van der Waals surface area contributed by atoms with E-state index in [9.17, 15) is 14.4 Å². The zero-order chi connectivity index (χ0) is 18.5. The van der Waals surface area contributed by atoms with E-state index >= 15 is 0 Å². The summed E-state index contributed by atoms with van der Waals surface area (Å²) < 4.78 is 20.6. The summed E-state index contributed by atoms with van der Waals surface area (Å²) in [6, 6.07) is 6.37. The molecule has 1 fully saturated rings. The third kappa shape index (κ3) is 4.02. The number of carbonyl (C=O) groups excluding carboxylic acids is 2. The van der Waals surface area contributed by atoms with Crippen LogP contribution in [0.1, 0.15) is 23.2 Å². The number of ether oxygens (including phenoxy) is 3. The summed E-state index contributed by atoms with van der Waals surface area (Å²) in [5.41, 5.74) is -0.893. The topological polar surface area (TPSA) is 104 Å². The van der Waals surface area contributed by atoms with Gasteiger partial charge in [-0.15, -0.1) is 0 Å². The van der Waals surface area contributed by atoms with E-state index in [2.05, 4.69) is 5.32 Å². The van der Waals surface area contributed by atoms with E-state index in [1.165, 1.54) is 13.2 Å². The lowest BCUT2D eigenvalue weighted by Gasteiger charge is -2.11. The maximum Gasteiger partial charge on any atom is 0.351 e. The van der Waals surface area contributed by atoms with Crippen molar-refractivity contribution >= 4 is 22.8 Å². The van der Waals surface area contributed by atoms with Gasteiger partial charge in [0.2, 0.25) is 0 Å². The van der Waals surface area contributed by atoms with Crippen LogP contribution >= 0.6 is 0 Å². The lowest BCUT2D eigenvalue weighted by molar-refractivity contribution is -0.124. The third-order valence-corrected chi connectivity index (χ3v) is 4.05. The second-order valence-electron chi connectivity index (χ2n) is 5.84. The average molecular weight is 361 g/mol. The van der Waals surface area contributed by atoms with E-state index in [-0.39, 0.29) is 17.3 Å². The van der Waals surface area contributed by atoms with Gasteiger partial charge in [0.1, 0.15) is 5.56 Å². The fraction of sp³-hybridized carbons (Fsp3) is 0.389. The maximum atomic E-state index is 12.1. The molecule has 1 aliphatic heterocycles. The molecule has 1 N–H and O–H groups in total. The molecule has 0 bridgehead atoms. The number of amides is 1. The Bertz CT molecular complexity index is 867. The summed E-state index contributed by atoms with van der Waals surface area (Å²) in [7, 11) is 1.45. The largest absolute Gasteiger partial charge is 0.493 e. The van der Waals surface area contributed by atoms with E-state index < -0.39 is 24.1 Å². The highest BCUT2D eigenvalue weighted by Crippen LogP contribution is 2.24. The molecule has 1 unspecified atom stereocenters. The summed E-state index contributed by atoms with van der Waals surface area (Å²) in [6.07, 6.45) is 1.86. The summed E-state index contributed by atoms with van der Waals surface area (Å²) >= 11 is 0. The molecule has 2 aromatic rings. The van der Waals surface area contributed by atoms with Crippen LogP contribution in [0, 0.1) is 0 Å². The number of fused-ring (bicyclic) bond motifs is 1. The van der Waals surface area contributed by atoms with Gasteiger partial charge in [0.15, 0.2) is 17.9 Å². The van der Waals surface area contributed by atoms with Gasteiger partial charge in [0.25, 0.3) is 5.91 Å². The molecule has 1 aromatic heterocycles. The highest BCUT2D eigenvalue weighted by molar-refractivity contribution is 5.95. The van der Waals surface area contributed by atoms with Crippen LogP contribution < -0.4 is 15.7 Å². The van der Waals surface area contributed by atoms with Crippen molar-refractivity contribution in [3.63, 3.8) is 0 Å². The van der Waals surface area contributed by atoms with Gasteiger partial charge in [-0.2, -0.15) is 0 Å². The Morgan fingerprint density at radius 2 is 2.19 bits per heavy atom. The minimum atomic E-state index is -0.921. The molecule has 1 atom stereocenters. The second kappa shape index (κ2) is 8.01. The van der Waals surface area contributed by atoms with Crippen LogP contribution in [-0.2, 0) is 14.3 Å². The van der Waals surface area contributed by atoms with Crippen molar-refractivity contribution in [3.05, 3.63) is 40.2 Å². The van der Waals surface area contributed by atoms with Gasteiger partial charge in [0.05, 0.1) is 13.2 Å². The van der Waals surface area contributed by atoms with E-state index in [1.54, 1.807) is 18.2 Å². The Labute approximate surface area is 149 Å². The predicted molar refractivity (Wildman–Crippen MR) is 91.3 cm³/mol. The molecule has 0 radical (unpaired) electrons. The predicted octanol–water partition coefficient (Wildman–Crippen LogP) is 1.25. The Morgan fingerprint density at radius 3 is 2.92 bits per heavy atom. The van der Waals surface area contributed by atoms with Crippen molar-refractivity contribution in [2.75, 3.05) is 26.9 Å². The SMILES string of the molecule is COc1cccc2cc(C(=O)OCC(=O)NCC3CCCO3)c(=O)oc12. The summed E-state index contributed by atoms with van der Waals surface area (Å²) in [5.74, 6) is -0.996. The van der Waals surface area contributed by atoms with Crippen molar-refractivity contribution in [1.29, 1.82) is 0 Å². The lowest BCUT2D eigenvalue weighted by atomic mass is 10.2. The maximum absolute atomic E-state index is 12.1. The van der Waals surface area contributed by atoms with Crippen molar-refractivity contribution in [2.24, 2.45) is 0 Å². The first-order valence-electron chi connectivity index (χ1n) is 8.25. The van der Waals surface area contributed by atoms with Crippen molar-refractivity contribution in [2.45, 2.75) is 18.9 Å². The molecule has 1 aromatic carbocycles. The minimum absolute atomic E-state index is 0.00263. The summed E-state index contributed by atoms with van der Waals surface area (Å²) in [6.45, 7) is 0.577. The van der Waals surface area contributed by atoms with Crippen LogP contribution in [0.4, 0.5) is 0 Å². The molecule has 3 rings (SSSR count). The number of esters is 1. The third-order valence-electron chi connectivity index (χ3n) is 4.05. The van der Waals surface area contributed by atoms with Gasteiger partial charge in [-0.1, -0.05) is 12.1 Å². The van der Waals surface area contributed by atoms with E-state index in [1.807, 2.05) is 0 Å². The van der Waals surface area contributed by atoms with Gasteiger partial charge in [-0.25, -0.2) is 9.59 Å². The highest BCUT2D eigenvalue weighted by Gasteiger charge is 2.19. The number of hydrogen-bond donors (Lipinski definition) is 1. The number of rotatable bonds is 6. The number of nitrogens with one attached hydrogen (secondary N) is 1. The Morgan fingerprint density at radius 1 is 1.35 bits per heavy atom. The number of carbonyl (C=O) groups is 2. The molecular weight excluding hydrogens is 342 g/mol. The van der Waals surface area contributed by atoms with Crippen LogP contribution in [0.25, 0.3) is 11.0 Å². The van der Waals surface area contributed by atoms with E-state index in [0.717, 1.165) is 12.8 Å². The van der Waals surface area contributed by atoms with Gasteiger partial charge >= 0.3 is 11.6 Å². The Balaban J connectivity index is 1.63. The first kappa shape index (κ1) is 17.9. The molecule has 26 heavy (non-hydrogen) atoms. The van der Waals surface area contributed by atoms with Crippen LogP contribution in [0.5, 0.6) is 5.75 Å². The van der Waals surface area contributed by atoms with Gasteiger partial charge in [-0.05, 0) is 25.0 Å². The number of para-hydroxylation sites is 1. The molecule has 1 saturated heterocycles. The standard InChI is InChI=1S/C18H19NO7/c1-23-14-6-2-4-11-8-13(18(22)26-16(11)14)17(21)25-10-15(20)19-9-12-5-3-7-24-12/h2,4,6,8,12H,3,5,7,9-10H2,1H3,(H,19,20). The number of methoxy groups -OCH3 is 1. The van der Waals surface area contributed by atoms with Crippen LogP contribution in [-0.4, -0.2) is 44.8 Å². The van der Waals surface area contributed by atoms with Crippen LogP contribution in [0.3, 0.4) is 0 Å². The first-order valence-corrected chi connectivity index (χ1v) is 8.25. The van der Waals surface area contributed by atoms with Crippen molar-refractivity contribution in [1.82, 2.24) is 5.32 Å². The fourth-order valence-electron chi connectivity index (χ4n) is 2.71. The van der Waals surface area contributed by atoms with Crippen LogP contribution in [0.2, 0.25) is 0 Å². The zero-order valence-electron chi connectivity index (χ0n) is 14.3. The monoisotopic (exact) mass is 361 g/mol. The van der Waals surface area contributed by atoms with Gasteiger partial charge < -0.3 is 23.9 Å². The smallest absolute Gasteiger partial charge is 0.351 e. The Kier molecular flexibility index (Phi) is 5.52. The molecule has 0 spiro atoms. The number of benzene rings is 1. The molecule has 2 heterocycles.